The van der Waals surface area contributed by atoms with Crippen molar-refractivity contribution in [2.24, 2.45) is 5.73 Å². The summed E-state index contributed by atoms with van der Waals surface area (Å²) < 4.78 is 10.2. The van der Waals surface area contributed by atoms with Gasteiger partial charge in [0.05, 0.1) is 13.7 Å². The van der Waals surface area contributed by atoms with Crippen LogP contribution in [0.2, 0.25) is 0 Å². The van der Waals surface area contributed by atoms with Crippen LogP contribution in [0.25, 0.3) is 0 Å². The van der Waals surface area contributed by atoms with E-state index >= 15 is 0 Å². The van der Waals surface area contributed by atoms with Gasteiger partial charge in [-0.25, -0.2) is 0 Å². The lowest BCUT2D eigenvalue weighted by Crippen LogP contribution is -2.57. The normalized spacial score (nSPS) is 12.9. The van der Waals surface area contributed by atoms with Crippen molar-refractivity contribution < 1.29 is 28.7 Å². The summed E-state index contributed by atoms with van der Waals surface area (Å²) in [6, 6.07) is 22.0. The molecule has 0 spiro atoms. The monoisotopic (exact) mass is 560 g/mol. The highest BCUT2D eigenvalue weighted by molar-refractivity contribution is 6.38. The molecule has 3 aromatic rings. The molecule has 10 nitrogen and oxygen atoms in total. The molecule has 3 aromatic carbocycles. The number of methoxy groups -OCH3 is 2. The van der Waals surface area contributed by atoms with Gasteiger partial charge in [-0.15, -0.1) is 0 Å². The van der Waals surface area contributed by atoms with Gasteiger partial charge >= 0.3 is 0 Å². The molecule has 0 unspecified atom stereocenters. The standard InChI is InChI=1S/C31H36N4O6/c1-40-20-25(32)29(37)35-27(18-22-13-15-24(41-2)16-14-22)30(38)34-26(17-21-9-5-3-6-10-21)28(36)31(39)33-19-23-11-7-4-8-12-23/h3-16,25-27H,17-20,32H2,1-2H3,(H,33,39)(H,34,38)(H,35,37)/t25-,26-,27-/m0/s1. The first-order chi connectivity index (χ1) is 19.8. The Morgan fingerprint density at radius 3 is 1.83 bits per heavy atom. The zero-order valence-corrected chi connectivity index (χ0v) is 23.2. The van der Waals surface area contributed by atoms with Gasteiger partial charge in [-0.2, -0.15) is 0 Å². The van der Waals surface area contributed by atoms with Gasteiger partial charge in [-0.05, 0) is 28.8 Å². The van der Waals surface area contributed by atoms with Gasteiger partial charge in [-0.3, -0.25) is 19.2 Å². The number of ether oxygens (including phenoxy) is 2. The molecule has 10 heteroatoms. The quantitative estimate of drug-likeness (QED) is 0.205. The number of hydrogen-bond donors (Lipinski definition) is 4. The second-order valence-electron chi connectivity index (χ2n) is 9.46. The van der Waals surface area contributed by atoms with Crippen LogP contribution in [0.15, 0.2) is 84.9 Å². The summed E-state index contributed by atoms with van der Waals surface area (Å²) in [4.78, 5) is 52.5. The highest BCUT2D eigenvalue weighted by atomic mass is 16.5. The molecule has 0 bridgehead atoms. The highest BCUT2D eigenvalue weighted by Gasteiger charge is 2.31. The van der Waals surface area contributed by atoms with Gasteiger partial charge in [0.15, 0.2) is 0 Å². The van der Waals surface area contributed by atoms with Crippen LogP contribution in [0.3, 0.4) is 0 Å². The van der Waals surface area contributed by atoms with Gasteiger partial charge in [-0.1, -0.05) is 72.8 Å². The zero-order chi connectivity index (χ0) is 29.6. The van der Waals surface area contributed by atoms with Crippen molar-refractivity contribution in [3.63, 3.8) is 0 Å². The Hall–Kier alpha value is -4.54. The van der Waals surface area contributed by atoms with Crippen molar-refractivity contribution in [1.82, 2.24) is 16.0 Å². The number of benzene rings is 3. The van der Waals surface area contributed by atoms with Crippen LogP contribution < -0.4 is 26.4 Å². The molecule has 0 aliphatic heterocycles. The first kappa shape index (κ1) is 31.0. The number of ketones is 1. The highest BCUT2D eigenvalue weighted by Crippen LogP contribution is 2.13. The molecular weight excluding hydrogens is 524 g/mol. The van der Waals surface area contributed by atoms with Crippen LogP contribution in [0.1, 0.15) is 16.7 Å². The average Bonchev–Trinajstić information content (AvgIpc) is 3.00. The number of hydrogen-bond acceptors (Lipinski definition) is 7. The molecule has 0 fully saturated rings. The summed E-state index contributed by atoms with van der Waals surface area (Å²) in [5.41, 5.74) is 8.20. The Kier molecular flexibility index (Phi) is 12.0. The van der Waals surface area contributed by atoms with Crippen LogP contribution in [-0.4, -0.2) is 62.5 Å². The molecule has 0 aliphatic rings. The average molecular weight is 561 g/mol. The Balaban J connectivity index is 1.80. The maximum atomic E-state index is 13.6. The van der Waals surface area contributed by atoms with Crippen LogP contribution in [0.5, 0.6) is 5.75 Å². The molecule has 216 valence electrons. The molecule has 0 aliphatic carbocycles. The summed E-state index contributed by atoms with van der Waals surface area (Å²) in [6.45, 7) is 0.115. The fraction of sp³-hybridized carbons (Fsp3) is 0.290. The van der Waals surface area contributed by atoms with Gasteiger partial charge in [0, 0.05) is 26.5 Å². The molecule has 0 heterocycles. The largest absolute Gasteiger partial charge is 0.497 e. The third-order valence-electron chi connectivity index (χ3n) is 6.35. The van der Waals surface area contributed by atoms with Crippen LogP contribution in [-0.2, 0) is 43.3 Å². The van der Waals surface area contributed by atoms with Gasteiger partial charge < -0.3 is 31.2 Å². The molecule has 3 rings (SSSR count). The SMILES string of the molecule is COC[C@H](N)C(=O)N[C@@H](Cc1ccc(OC)cc1)C(=O)N[C@@H](Cc1ccccc1)C(=O)C(=O)NCc1ccccc1. The van der Waals surface area contributed by atoms with E-state index in [-0.39, 0.29) is 26.0 Å². The Morgan fingerprint density at radius 2 is 1.24 bits per heavy atom. The molecule has 0 aromatic heterocycles. The van der Waals surface area contributed by atoms with Crippen molar-refractivity contribution in [3.05, 3.63) is 102 Å². The van der Waals surface area contributed by atoms with Crippen molar-refractivity contribution in [2.75, 3.05) is 20.8 Å². The molecule has 5 N–H and O–H groups in total. The minimum Gasteiger partial charge on any atom is -0.497 e. The van der Waals surface area contributed by atoms with Crippen molar-refractivity contribution in [1.29, 1.82) is 0 Å². The molecule has 0 saturated carbocycles. The lowest BCUT2D eigenvalue weighted by atomic mass is 9.99. The number of carbonyl (C=O) groups excluding carboxylic acids is 4. The second kappa shape index (κ2) is 15.9. The van der Waals surface area contributed by atoms with E-state index < -0.39 is 41.6 Å². The van der Waals surface area contributed by atoms with E-state index in [0.29, 0.717) is 5.75 Å². The first-order valence-electron chi connectivity index (χ1n) is 13.2. The molecule has 0 saturated heterocycles. The van der Waals surface area contributed by atoms with Gasteiger partial charge in [0.25, 0.3) is 5.91 Å². The van der Waals surface area contributed by atoms with E-state index in [4.69, 9.17) is 15.2 Å². The fourth-order valence-electron chi connectivity index (χ4n) is 4.10. The lowest BCUT2D eigenvalue weighted by molar-refractivity contribution is -0.140. The maximum Gasteiger partial charge on any atom is 0.289 e. The van der Waals surface area contributed by atoms with Crippen molar-refractivity contribution in [2.45, 2.75) is 37.5 Å². The summed E-state index contributed by atoms with van der Waals surface area (Å²) in [6.07, 6.45) is 0.185. The van der Waals surface area contributed by atoms with Crippen molar-refractivity contribution in [3.8, 4) is 5.75 Å². The van der Waals surface area contributed by atoms with E-state index in [0.717, 1.165) is 16.7 Å². The minimum absolute atomic E-state index is 0.0423. The third kappa shape index (κ3) is 9.86. The predicted octanol–water partition coefficient (Wildman–Crippen LogP) is 1.31. The zero-order valence-electron chi connectivity index (χ0n) is 23.2. The van der Waals surface area contributed by atoms with E-state index in [1.165, 1.54) is 7.11 Å². The third-order valence-corrected chi connectivity index (χ3v) is 6.35. The van der Waals surface area contributed by atoms with E-state index in [1.807, 2.05) is 36.4 Å². The molecule has 41 heavy (non-hydrogen) atoms. The summed E-state index contributed by atoms with van der Waals surface area (Å²) in [7, 11) is 2.96. The van der Waals surface area contributed by atoms with E-state index in [1.54, 1.807) is 55.6 Å². The minimum atomic E-state index is -1.18. The van der Waals surface area contributed by atoms with Gasteiger partial charge in [0.2, 0.25) is 17.6 Å². The van der Waals surface area contributed by atoms with E-state index in [9.17, 15) is 19.2 Å². The predicted molar refractivity (Wildman–Crippen MR) is 154 cm³/mol. The first-order valence-corrected chi connectivity index (χ1v) is 13.2. The van der Waals surface area contributed by atoms with Crippen LogP contribution in [0, 0.1) is 0 Å². The van der Waals surface area contributed by atoms with Crippen molar-refractivity contribution >= 4 is 23.5 Å². The van der Waals surface area contributed by atoms with E-state index in [2.05, 4.69) is 16.0 Å². The topological polar surface area (TPSA) is 149 Å². The molecule has 3 amide bonds. The Morgan fingerprint density at radius 1 is 0.707 bits per heavy atom. The number of carbonyl (C=O) groups is 4. The van der Waals surface area contributed by atoms with Gasteiger partial charge in [0.1, 0.15) is 23.9 Å². The summed E-state index contributed by atoms with van der Waals surface area (Å²) >= 11 is 0. The number of amides is 3. The summed E-state index contributed by atoms with van der Waals surface area (Å²) in [5, 5.41) is 7.99. The number of Topliss-reactive ketones (excluding diaryl/α,β-unsaturated/α-hetero) is 1. The van der Waals surface area contributed by atoms with Crippen LogP contribution >= 0.6 is 0 Å². The molecule has 0 radical (unpaired) electrons. The smallest absolute Gasteiger partial charge is 0.289 e. The molecule has 3 atom stereocenters. The lowest BCUT2D eigenvalue weighted by Gasteiger charge is -2.24. The Bertz CT molecular complexity index is 1280. The number of rotatable bonds is 15. The summed E-state index contributed by atoms with van der Waals surface area (Å²) in [5.74, 6) is -2.22. The number of nitrogens with one attached hydrogen (secondary N) is 3. The second-order valence-corrected chi connectivity index (χ2v) is 9.46. The molecular formula is C31H36N4O6. The van der Waals surface area contributed by atoms with Crippen LogP contribution in [0.4, 0.5) is 0 Å². The fourth-order valence-corrected chi connectivity index (χ4v) is 4.10. The number of nitrogens with two attached hydrogens (primary N) is 1. The Labute approximate surface area is 239 Å². The maximum absolute atomic E-state index is 13.6.